The van der Waals surface area contributed by atoms with E-state index in [4.69, 9.17) is 4.74 Å². The highest BCUT2D eigenvalue weighted by Gasteiger charge is 2.10. The van der Waals surface area contributed by atoms with Gasteiger partial charge < -0.3 is 14.4 Å². The Morgan fingerprint density at radius 2 is 2.00 bits per heavy atom. The lowest BCUT2D eigenvalue weighted by Crippen LogP contribution is -2.12. The second-order valence-corrected chi connectivity index (χ2v) is 3.76. The molecule has 88 valence electrons. The summed E-state index contributed by atoms with van der Waals surface area (Å²) in [4.78, 5) is 13.4. The molecular formula is C12H17NO3. The average molecular weight is 223 g/mol. The van der Waals surface area contributed by atoms with E-state index in [-0.39, 0.29) is 5.97 Å². The van der Waals surface area contributed by atoms with Crippen LogP contribution in [0, 0.1) is 0 Å². The highest BCUT2D eigenvalue weighted by atomic mass is 16.5. The molecule has 0 radical (unpaired) electrons. The van der Waals surface area contributed by atoms with Crippen molar-refractivity contribution in [3.63, 3.8) is 0 Å². The van der Waals surface area contributed by atoms with Crippen LogP contribution in [0.1, 0.15) is 15.9 Å². The molecule has 1 rings (SSSR count). The van der Waals surface area contributed by atoms with Crippen molar-refractivity contribution in [1.29, 1.82) is 0 Å². The van der Waals surface area contributed by atoms with Gasteiger partial charge in [0.15, 0.2) is 0 Å². The van der Waals surface area contributed by atoms with Crippen LogP contribution in [-0.4, -0.2) is 39.2 Å². The molecule has 0 atom stereocenters. The third kappa shape index (κ3) is 2.97. The zero-order valence-electron chi connectivity index (χ0n) is 10.1. The second-order valence-electron chi connectivity index (χ2n) is 3.76. The highest BCUT2D eigenvalue weighted by Crippen LogP contribution is 2.21. The molecule has 0 bridgehead atoms. The molecule has 0 aromatic heterocycles. The number of carbonyl (C=O) groups excluding carboxylic acids is 1. The van der Waals surface area contributed by atoms with Crippen molar-refractivity contribution in [1.82, 2.24) is 4.90 Å². The SMILES string of the molecule is COC(=O)c1ccc(CN(C)C)c(OC)c1. The number of benzene rings is 1. The summed E-state index contributed by atoms with van der Waals surface area (Å²) < 4.78 is 9.90. The van der Waals surface area contributed by atoms with E-state index in [1.807, 2.05) is 25.1 Å². The predicted octanol–water partition coefficient (Wildman–Crippen LogP) is 1.54. The minimum atomic E-state index is -0.352. The quantitative estimate of drug-likeness (QED) is 0.726. The van der Waals surface area contributed by atoms with Gasteiger partial charge in [-0.15, -0.1) is 0 Å². The van der Waals surface area contributed by atoms with Crippen LogP contribution in [0.15, 0.2) is 18.2 Å². The van der Waals surface area contributed by atoms with Crippen LogP contribution >= 0.6 is 0 Å². The summed E-state index contributed by atoms with van der Waals surface area (Å²) in [7, 11) is 6.92. The van der Waals surface area contributed by atoms with Gasteiger partial charge in [0, 0.05) is 12.1 Å². The van der Waals surface area contributed by atoms with E-state index in [1.54, 1.807) is 19.2 Å². The zero-order chi connectivity index (χ0) is 12.1. The fourth-order valence-corrected chi connectivity index (χ4v) is 1.46. The Morgan fingerprint density at radius 3 is 2.50 bits per heavy atom. The number of nitrogens with zero attached hydrogens (tertiary/aromatic N) is 1. The average Bonchev–Trinajstić information content (AvgIpc) is 2.27. The Hall–Kier alpha value is -1.55. The minimum absolute atomic E-state index is 0.352. The molecule has 0 saturated heterocycles. The summed E-state index contributed by atoms with van der Waals surface area (Å²) in [5.74, 6) is 0.353. The first-order valence-electron chi connectivity index (χ1n) is 4.98. The van der Waals surface area contributed by atoms with Gasteiger partial charge in [0.1, 0.15) is 5.75 Å². The molecule has 0 saturated carbocycles. The van der Waals surface area contributed by atoms with Gasteiger partial charge in [0.25, 0.3) is 0 Å². The molecule has 16 heavy (non-hydrogen) atoms. The summed E-state index contributed by atoms with van der Waals surface area (Å²) in [6, 6.07) is 5.32. The molecule has 0 fully saturated rings. The molecule has 0 heterocycles. The minimum Gasteiger partial charge on any atom is -0.496 e. The van der Waals surface area contributed by atoms with Gasteiger partial charge in [0.2, 0.25) is 0 Å². The fourth-order valence-electron chi connectivity index (χ4n) is 1.46. The first-order valence-corrected chi connectivity index (χ1v) is 4.98. The molecular weight excluding hydrogens is 206 g/mol. The number of methoxy groups -OCH3 is 2. The molecule has 1 aromatic carbocycles. The van der Waals surface area contributed by atoms with Gasteiger partial charge in [-0.2, -0.15) is 0 Å². The van der Waals surface area contributed by atoms with Crippen LogP contribution in [0.4, 0.5) is 0 Å². The summed E-state index contributed by atoms with van der Waals surface area (Å²) in [5, 5.41) is 0. The number of hydrogen-bond acceptors (Lipinski definition) is 4. The summed E-state index contributed by atoms with van der Waals surface area (Å²) >= 11 is 0. The molecule has 0 spiro atoms. The lowest BCUT2D eigenvalue weighted by Gasteiger charge is -2.14. The molecule has 1 aromatic rings. The van der Waals surface area contributed by atoms with Gasteiger partial charge in [-0.1, -0.05) is 6.07 Å². The van der Waals surface area contributed by atoms with Crippen LogP contribution in [-0.2, 0) is 11.3 Å². The van der Waals surface area contributed by atoms with E-state index >= 15 is 0 Å². The van der Waals surface area contributed by atoms with Crippen molar-refractivity contribution in [2.75, 3.05) is 28.3 Å². The summed E-state index contributed by atoms with van der Waals surface area (Å²) in [6.07, 6.45) is 0. The molecule has 0 N–H and O–H groups in total. The van der Waals surface area contributed by atoms with Crippen LogP contribution in [0.5, 0.6) is 5.75 Å². The van der Waals surface area contributed by atoms with E-state index in [1.165, 1.54) is 7.11 Å². The Balaban J connectivity index is 3.01. The first-order chi connectivity index (χ1) is 7.58. The number of carbonyl (C=O) groups is 1. The zero-order valence-corrected chi connectivity index (χ0v) is 10.1. The number of ether oxygens (including phenoxy) is 2. The summed E-state index contributed by atoms with van der Waals surface area (Å²) in [6.45, 7) is 0.768. The van der Waals surface area contributed by atoms with E-state index in [9.17, 15) is 4.79 Å². The van der Waals surface area contributed by atoms with Crippen molar-refractivity contribution in [2.45, 2.75) is 6.54 Å². The van der Waals surface area contributed by atoms with Crippen molar-refractivity contribution < 1.29 is 14.3 Å². The Labute approximate surface area is 95.8 Å². The van der Waals surface area contributed by atoms with Crippen LogP contribution in [0.3, 0.4) is 0 Å². The van der Waals surface area contributed by atoms with Gasteiger partial charge in [-0.3, -0.25) is 0 Å². The molecule has 0 aliphatic heterocycles. The van der Waals surface area contributed by atoms with Crippen LogP contribution in [0.25, 0.3) is 0 Å². The lowest BCUT2D eigenvalue weighted by molar-refractivity contribution is 0.0600. The van der Waals surface area contributed by atoms with E-state index in [0.29, 0.717) is 11.3 Å². The second kappa shape index (κ2) is 5.51. The third-order valence-corrected chi connectivity index (χ3v) is 2.19. The van der Waals surface area contributed by atoms with Crippen LogP contribution in [0.2, 0.25) is 0 Å². The smallest absolute Gasteiger partial charge is 0.337 e. The maximum Gasteiger partial charge on any atom is 0.337 e. The Bertz CT molecular complexity index is 375. The molecule has 0 amide bonds. The maximum atomic E-state index is 11.3. The fraction of sp³-hybridized carbons (Fsp3) is 0.417. The van der Waals surface area contributed by atoms with Crippen molar-refractivity contribution in [2.24, 2.45) is 0 Å². The lowest BCUT2D eigenvalue weighted by atomic mass is 10.1. The first kappa shape index (κ1) is 12.5. The van der Waals surface area contributed by atoms with Crippen LogP contribution < -0.4 is 4.74 Å². The van der Waals surface area contributed by atoms with Gasteiger partial charge in [-0.05, 0) is 26.2 Å². The van der Waals surface area contributed by atoms with Crippen molar-refractivity contribution in [3.8, 4) is 5.75 Å². The normalized spacial score (nSPS) is 10.3. The Morgan fingerprint density at radius 1 is 1.31 bits per heavy atom. The van der Waals surface area contributed by atoms with E-state index in [0.717, 1.165) is 12.1 Å². The van der Waals surface area contributed by atoms with Gasteiger partial charge in [-0.25, -0.2) is 4.79 Å². The van der Waals surface area contributed by atoms with Gasteiger partial charge >= 0.3 is 5.97 Å². The third-order valence-electron chi connectivity index (χ3n) is 2.19. The molecule has 0 unspecified atom stereocenters. The van der Waals surface area contributed by atoms with E-state index in [2.05, 4.69) is 4.74 Å². The molecule has 0 aliphatic carbocycles. The molecule has 0 aliphatic rings. The number of hydrogen-bond donors (Lipinski definition) is 0. The van der Waals surface area contributed by atoms with Gasteiger partial charge in [0.05, 0.1) is 19.8 Å². The maximum absolute atomic E-state index is 11.3. The standard InChI is InChI=1S/C12H17NO3/c1-13(2)8-10-6-5-9(12(14)16-4)7-11(10)15-3/h5-7H,8H2,1-4H3. The molecule has 4 nitrogen and oxygen atoms in total. The van der Waals surface area contributed by atoms with Crippen molar-refractivity contribution in [3.05, 3.63) is 29.3 Å². The topological polar surface area (TPSA) is 38.8 Å². The number of esters is 1. The monoisotopic (exact) mass is 223 g/mol. The highest BCUT2D eigenvalue weighted by molar-refractivity contribution is 5.89. The van der Waals surface area contributed by atoms with Crippen molar-refractivity contribution >= 4 is 5.97 Å². The Kier molecular flexibility index (Phi) is 4.31. The predicted molar refractivity (Wildman–Crippen MR) is 61.7 cm³/mol. The largest absolute Gasteiger partial charge is 0.496 e. The summed E-state index contributed by atoms with van der Waals surface area (Å²) in [5.41, 5.74) is 1.54. The number of rotatable bonds is 4. The van der Waals surface area contributed by atoms with E-state index < -0.39 is 0 Å². The molecule has 4 heteroatoms.